The molecular weight excluding hydrogens is 440 g/mol. The number of sulfonamides is 1. The average molecular weight is 463 g/mol. The van der Waals surface area contributed by atoms with Crippen LogP contribution in [0, 0.1) is 0 Å². The molecule has 0 fully saturated rings. The van der Waals surface area contributed by atoms with Crippen molar-refractivity contribution in [1.82, 2.24) is 10.2 Å². The molecule has 0 saturated heterocycles. The molecule has 1 N–H and O–H groups in total. The first kappa shape index (κ1) is 22.5. The second-order valence-corrected chi connectivity index (χ2v) is 9.38. The number of amides is 1. The van der Waals surface area contributed by atoms with Gasteiger partial charge in [0.1, 0.15) is 11.0 Å². The zero-order valence-corrected chi connectivity index (χ0v) is 19.0. The summed E-state index contributed by atoms with van der Waals surface area (Å²) in [5.41, 5.74) is 1.14. The number of nitrogens with zero attached hydrogens (tertiary/aromatic N) is 3. The van der Waals surface area contributed by atoms with Crippen LogP contribution in [0.4, 0.5) is 10.8 Å². The Morgan fingerprint density at radius 1 is 1.06 bits per heavy atom. The van der Waals surface area contributed by atoms with Gasteiger partial charge in [-0.1, -0.05) is 41.7 Å². The number of rotatable bonds is 8. The molecule has 3 rings (SSSR count). The SMILES string of the molecule is COc1ccc(N([C@@H](C)C(=O)Nc2nnc(-c3ccccc3)s2)S(C)(=O)=O)cc1OC. The number of benzene rings is 2. The number of ether oxygens (including phenoxy) is 2. The fraction of sp³-hybridized carbons (Fsp3) is 0.250. The molecular formula is C20H22N4O5S2. The van der Waals surface area contributed by atoms with Gasteiger partial charge in [0.2, 0.25) is 21.1 Å². The van der Waals surface area contributed by atoms with Gasteiger partial charge in [-0.05, 0) is 19.1 Å². The van der Waals surface area contributed by atoms with E-state index in [4.69, 9.17) is 9.47 Å². The lowest BCUT2D eigenvalue weighted by Gasteiger charge is -2.28. The second kappa shape index (κ2) is 9.31. The van der Waals surface area contributed by atoms with Gasteiger partial charge in [-0.3, -0.25) is 14.4 Å². The molecule has 164 valence electrons. The van der Waals surface area contributed by atoms with E-state index in [-0.39, 0.29) is 10.8 Å². The highest BCUT2D eigenvalue weighted by atomic mass is 32.2. The Labute approximate surface area is 184 Å². The van der Waals surface area contributed by atoms with E-state index >= 15 is 0 Å². The Morgan fingerprint density at radius 3 is 2.35 bits per heavy atom. The van der Waals surface area contributed by atoms with Crippen molar-refractivity contribution < 1.29 is 22.7 Å². The molecule has 0 radical (unpaired) electrons. The summed E-state index contributed by atoms with van der Waals surface area (Å²) in [4.78, 5) is 12.9. The van der Waals surface area contributed by atoms with E-state index < -0.39 is 22.0 Å². The number of hydrogen-bond donors (Lipinski definition) is 1. The summed E-state index contributed by atoms with van der Waals surface area (Å²) in [6.45, 7) is 1.49. The zero-order chi connectivity index (χ0) is 22.6. The third-order valence-electron chi connectivity index (χ3n) is 4.39. The summed E-state index contributed by atoms with van der Waals surface area (Å²) in [6.07, 6.45) is 1.03. The maximum atomic E-state index is 12.9. The summed E-state index contributed by atoms with van der Waals surface area (Å²) in [5, 5.41) is 11.6. The molecule has 0 bridgehead atoms. The molecule has 2 aromatic carbocycles. The molecule has 0 aliphatic rings. The Morgan fingerprint density at radius 2 is 1.74 bits per heavy atom. The fourth-order valence-corrected chi connectivity index (χ4v) is 4.87. The van der Waals surface area contributed by atoms with Gasteiger partial charge in [-0.2, -0.15) is 0 Å². The average Bonchev–Trinajstić information content (AvgIpc) is 3.21. The van der Waals surface area contributed by atoms with E-state index in [0.717, 1.165) is 16.1 Å². The number of carbonyl (C=O) groups is 1. The lowest BCUT2D eigenvalue weighted by Crippen LogP contribution is -2.45. The third kappa shape index (κ3) is 5.12. The van der Waals surface area contributed by atoms with E-state index in [1.807, 2.05) is 30.3 Å². The van der Waals surface area contributed by atoms with Crippen LogP contribution in [-0.2, 0) is 14.8 Å². The largest absolute Gasteiger partial charge is 0.493 e. The van der Waals surface area contributed by atoms with Crippen LogP contribution < -0.4 is 19.1 Å². The van der Waals surface area contributed by atoms with Gasteiger partial charge >= 0.3 is 0 Å². The van der Waals surface area contributed by atoms with Gasteiger partial charge in [-0.25, -0.2) is 8.42 Å². The first-order valence-corrected chi connectivity index (χ1v) is 11.8. The Balaban J connectivity index is 1.85. The summed E-state index contributed by atoms with van der Waals surface area (Å²) >= 11 is 1.20. The Hall–Kier alpha value is -3.18. The summed E-state index contributed by atoms with van der Waals surface area (Å²) in [5.74, 6) is 0.243. The highest BCUT2D eigenvalue weighted by Gasteiger charge is 2.30. The van der Waals surface area contributed by atoms with Crippen LogP contribution in [-0.4, -0.2) is 51.0 Å². The van der Waals surface area contributed by atoms with Crippen LogP contribution in [0.2, 0.25) is 0 Å². The van der Waals surface area contributed by atoms with Gasteiger partial charge in [0.25, 0.3) is 0 Å². The van der Waals surface area contributed by atoms with Gasteiger partial charge in [-0.15, -0.1) is 10.2 Å². The van der Waals surface area contributed by atoms with Crippen LogP contribution in [0.1, 0.15) is 6.92 Å². The zero-order valence-electron chi connectivity index (χ0n) is 17.4. The van der Waals surface area contributed by atoms with Crippen molar-refractivity contribution in [3.05, 3.63) is 48.5 Å². The van der Waals surface area contributed by atoms with Crippen molar-refractivity contribution in [2.24, 2.45) is 0 Å². The number of hydrogen-bond acceptors (Lipinski definition) is 8. The number of nitrogens with one attached hydrogen (secondary N) is 1. The Bertz CT molecular complexity index is 1170. The molecule has 1 atom stereocenters. The minimum absolute atomic E-state index is 0.269. The molecule has 0 saturated carbocycles. The molecule has 11 heteroatoms. The molecule has 1 amide bonds. The number of carbonyl (C=O) groups excluding carboxylic acids is 1. The van der Waals surface area contributed by atoms with Crippen LogP contribution in [0.5, 0.6) is 11.5 Å². The molecule has 0 spiro atoms. The quantitative estimate of drug-likeness (QED) is 0.548. The van der Waals surface area contributed by atoms with Crippen molar-refractivity contribution in [3.63, 3.8) is 0 Å². The smallest absolute Gasteiger partial charge is 0.249 e. The van der Waals surface area contributed by atoms with Gasteiger partial charge in [0.05, 0.1) is 26.2 Å². The van der Waals surface area contributed by atoms with Crippen LogP contribution in [0.3, 0.4) is 0 Å². The predicted molar refractivity (Wildman–Crippen MR) is 120 cm³/mol. The van der Waals surface area contributed by atoms with Crippen molar-refractivity contribution in [2.75, 3.05) is 30.1 Å². The Kier molecular flexibility index (Phi) is 6.76. The van der Waals surface area contributed by atoms with Crippen molar-refractivity contribution >= 4 is 38.1 Å². The van der Waals surface area contributed by atoms with Crippen molar-refractivity contribution in [3.8, 4) is 22.1 Å². The van der Waals surface area contributed by atoms with E-state index in [1.54, 1.807) is 12.1 Å². The number of methoxy groups -OCH3 is 2. The maximum Gasteiger partial charge on any atom is 0.249 e. The molecule has 1 aromatic heterocycles. The van der Waals surface area contributed by atoms with Crippen molar-refractivity contribution in [1.29, 1.82) is 0 Å². The molecule has 0 aliphatic carbocycles. The molecule has 31 heavy (non-hydrogen) atoms. The molecule has 0 aliphatic heterocycles. The number of aromatic nitrogens is 2. The van der Waals surface area contributed by atoms with E-state index in [1.165, 1.54) is 38.5 Å². The molecule has 0 unspecified atom stereocenters. The van der Waals surface area contributed by atoms with Gasteiger partial charge in [0.15, 0.2) is 11.5 Å². The minimum atomic E-state index is -3.79. The maximum absolute atomic E-state index is 12.9. The monoisotopic (exact) mass is 462 g/mol. The lowest BCUT2D eigenvalue weighted by molar-refractivity contribution is -0.116. The molecule has 1 heterocycles. The highest BCUT2D eigenvalue weighted by Crippen LogP contribution is 2.33. The topological polar surface area (TPSA) is 111 Å². The number of anilines is 2. The third-order valence-corrected chi connectivity index (χ3v) is 6.52. The predicted octanol–water partition coefficient (Wildman–Crippen LogP) is 3.02. The van der Waals surface area contributed by atoms with Gasteiger partial charge in [0, 0.05) is 11.6 Å². The summed E-state index contributed by atoms with van der Waals surface area (Å²) in [7, 11) is -0.867. The normalized spacial score (nSPS) is 12.1. The van der Waals surface area contributed by atoms with E-state index in [2.05, 4.69) is 15.5 Å². The standard InChI is InChI=1S/C20H22N4O5S2/c1-13(18(25)21-20-23-22-19(30-20)14-8-6-5-7-9-14)24(31(4,26)27)15-10-11-16(28-2)17(12-15)29-3/h5-13H,1-4H3,(H,21,23,25)/t13-/m0/s1. The van der Waals surface area contributed by atoms with E-state index in [9.17, 15) is 13.2 Å². The van der Waals surface area contributed by atoms with Crippen LogP contribution in [0.25, 0.3) is 10.6 Å². The van der Waals surface area contributed by atoms with Gasteiger partial charge < -0.3 is 9.47 Å². The second-order valence-electron chi connectivity index (χ2n) is 6.54. The summed E-state index contributed by atoms with van der Waals surface area (Å²) in [6, 6.07) is 13.0. The molecule has 3 aromatic rings. The lowest BCUT2D eigenvalue weighted by atomic mass is 10.2. The minimum Gasteiger partial charge on any atom is -0.493 e. The highest BCUT2D eigenvalue weighted by molar-refractivity contribution is 7.92. The fourth-order valence-electron chi connectivity index (χ4n) is 2.95. The van der Waals surface area contributed by atoms with Crippen molar-refractivity contribution in [2.45, 2.75) is 13.0 Å². The first-order valence-electron chi connectivity index (χ1n) is 9.16. The van der Waals surface area contributed by atoms with Crippen LogP contribution in [0.15, 0.2) is 48.5 Å². The molecule has 9 nitrogen and oxygen atoms in total. The van der Waals surface area contributed by atoms with Crippen LogP contribution >= 0.6 is 11.3 Å². The first-order chi connectivity index (χ1) is 14.7. The van der Waals surface area contributed by atoms with E-state index in [0.29, 0.717) is 16.5 Å². The summed E-state index contributed by atoms with van der Waals surface area (Å²) < 4.78 is 36.5.